The number of carbonyl (C=O) groups is 2. The van der Waals surface area contributed by atoms with Gasteiger partial charge < -0.3 is 14.6 Å². The van der Waals surface area contributed by atoms with Crippen LogP contribution in [0.15, 0.2) is 36.5 Å². The second kappa shape index (κ2) is 8.24. The van der Waals surface area contributed by atoms with Crippen molar-refractivity contribution < 1.29 is 36.3 Å². The summed E-state index contributed by atoms with van der Waals surface area (Å²) in [6, 6.07) is 4.78. The highest BCUT2D eigenvalue weighted by atomic mass is 19.4. The molecule has 3 heterocycles. The van der Waals surface area contributed by atoms with Crippen molar-refractivity contribution in [2.45, 2.75) is 45.4 Å². The average Bonchev–Trinajstić information content (AvgIpc) is 3.27. The molecule has 186 valence electrons. The molecule has 3 aromatic rings. The number of halogens is 5. The van der Waals surface area contributed by atoms with Gasteiger partial charge in [0.25, 0.3) is 5.91 Å². The number of alkyl halides is 3. The summed E-state index contributed by atoms with van der Waals surface area (Å²) in [6.45, 7) is 6.28. The normalized spacial score (nSPS) is 15.7. The first-order valence-corrected chi connectivity index (χ1v) is 10.7. The van der Waals surface area contributed by atoms with Crippen LogP contribution in [0.2, 0.25) is 0 Å². The Hall–Kier alpha value is -3.63. The number of fused-ring (bicyclic) bond motifs is 3. The summed E-state index contributed by atoms with van der Waals surface area (Å²) < 4.78 is 74.9. The SMILES string of the molecule is CC(C)OC(=O)C1=CN(C(=O)c2ccc(F)c(F)c2)CC(C)(C)c2c1[nH]c1ccc(C(F)(F)F)n21. The highest BCUT2D eigenvalue weighted by Gasteiger charge is 2.42. The van der Waals surface area contributed by atoms with Crippen LogP contribution in [0.5, 0.6) is 0 Å². The number of benzene rings is 1. The van der Waals surface area contributed by atoms with Crippen LogP contribution in [0.1, 0.15) is 55.1 Å². The smallest absolute Gasteiger partial charge is 0.431 e. The van der Waals surface area contributed by atoms with Crippen molar-refractivity contribution in [2.75, 3.05) is 6.54 Å². The molecule has 0 saturated carbocycles. The van der Waals surface area contributed by atoms with E-state index >= 15 is 0 Å². The molecule has 1 aromatic carbocycles. The van der Waals surface area contributed by atoms with E-state index in [4.69, 9.17) is 4.74 Å². The van der Waals surface area contributed by atoms with Gasteiger partial charge in [-0.1, -0.05) is 13.8 Å². The van der Waals surface area contributed by atoms with Gasteiger partial charge in [0, 0.05) is 23.7 Å². The van der Waals surface area contributed by atoms with E-state index in [1.165, 1.54) is 12.3 Å². The minimum absolute atomic E-state index is 0.0716. The third kappa shape index (κ3) is 4.30. The van der Waals surface area contributed by atoms with Crippen molar-refractivity contribution in [2.24, 2.45) is 0 Å². The monoisotopic (exact) mass is 495 g/mol. The number of amides is 1. The summed E-state index contributed by atoms with van der Waals surface area (Å²) in [7, 11) is 0. The molecule has 1 aliphatic heterocycles. The summed E-state index contributed by atoms with van der Waals surface area (Å²) in [4.78, 5) is 30.2. The molecule has 0 saturated heterocycles. The Morgan fingerprint density at radius 2 is 1.77 bits per heavy atom. The molecular formula is C24H22F5N3O3. The van der Waals surface area contributed by atoms with Gasteiger partial charge >= 0.3 is 12.1 Å². The highest BCUT2D eigenvalue weighted by molar-refractivity contribution is 6.17. The molecule has 6 nitrogen and oxygen atoms in total. The van der Waals surface area contributed by atoms with Crippen LogP contribution >= 0.6 is 0 Å². The molecule has 1 N–H and O–H groups in total. The number of imidazole rings is 1. The van der Waals surface area contributed by atoms with Gasteiger partial charge in [-0.15, -0.1) is 0 Å². The number of hydrogen-bond acceptors (Lipinski definition) is 3. The van der Waals surface area contributed by atoms with E-state index in [2.05, 4.69) is 4.98 Å². The summed E-state index contributed by atoms with van der Waals surface area (Å²) in [5.74, 6) is -4.00. The predicted octanol–water partition coefficient (Wildman–Crippen LogP) is 5.29. The quantitative estimate of drug-likeness (QED) is 0.397. The van der Waals surface area contributed by atoms with E-state index in [-0.39, 0.29) is 34.7 Å². The number of aromatic amines is 1. The predicted molar refractivity (Wildman–Crippen MR) is 116 cm³/mol. The molecular weight excluding hydrogens is 473 g/mol. The van der Waals surface area contributed by atoms with Crippen LogP contribution in [0, 0.1) is 11.6 Å². The zero-order valence-electron chi connectivity index (χ0n) is 19.3. The first-order chi connectivity index (χ1) is 16.2. The summed E-state index contributed by atoms with van der Waals surface area (Å²) in [6.07, 6.45) is -4.07. The molecule has 0 fully saturated rings. The molecule has 11 heteroatoms. The van der Waals surface area contributed by atoms with E-state index in [1.54, 1.807) is 27.7 Å². The number of carbonyl (C=O) groups excluding carboxylic acids is 2. The number of nitrogens with zero attached hydrogens (tertiary/aromatic N) is 2. The van der Waals surface area contributed by atoms with E-state index in [0.29, 0.717) is 0 Å². The molecule has 2 aromatic heterocycles. The molecule has 35 heavy (non-hydrogen) atoms. The molecule has 0 radical (unpaired) electrons. The molecule has 4 rings (SSSR count). The van der Waals surface area contributed by atoms with E-state index in [1.807, 2.05) is 0 Å². The maximum atomic E-state index is 13.8. The molecule has 0 aliphatic carbocycles. The molecule has 0 spiro atoms. The van der Waals surface area contributed by atoms with E-state index in [0.717, 1.165) is 33.6 Å². The van der Waals surface area contributed by atoms with Gasteiger partial charge in [0.15, 0.2) is 11.6 Å². The number of rotatable bonds is 3. The van der Waals surface area contributed by atoms with Gasteiger partial charge in [-0.2, -0.15) is 13.2 Å². The number of H-pyrrole nitrogens is 1. The minimum Gasteiger partial charge on any atom is -0.459 e. The van der Waals surface area contributed by atoms with Crippen molar-refractivity contribution in [3.05, 3.63) is 70.8 Å². The second-order valence-electron chi connectivity index (χ2n) is 9.23. The Morgan fingerprint density at radius 1 is 1.09 bits per heavy atom. The van der Waals surface area contributed by atoms with Crippen LogP contribution in [0.4, 0.5) is 22.0 Å². The Balaban J connectivity index is 1.93. The van der Waals surface area contributed by atoms with Gasteiger partial charge in [-0.25, -0.2) is 13.6 Å². The third-order valence-corrected chi connectivity index (χ3v) is 5.64. The van der Waals surface area contributed by atoms with Gasteiger partial charge in [0.05, 0.1) is 17.5 Å². The number of nitrogens with one attached hydrogen (secondary N) is 1. The standard InChI is InChI=1S/C24H22F5N3O3/c1-12(2)35-22(34)14-10-31(21(33)13-5-6-15(25)16(26)9-13)11-23(3,4)20-19(14)30-18-8-7-17(32(18)20)24(27,28)29/h5-10,12,30H,11H2,1-4H3. The molecule has 1 amide bonds. The minimum atomic E-state index is -4.69. The highest BCUT2D eigenvalue weighted by Crippen LogP contribution is 2.40. The third-order valence-electron chi connectivity index (χ3n) is 5.64. The van der Waals surface area contributed by atoms with Crippen molar-refractivity contribution in [1.82, 2.24) is 14.3 Å². The van der Waals surface area contributed by atoms with Crippen molar-refractivity contribution in [3.8, 4) is 0 Å². The summed E-state index contributed by atoms with van der Waals surface area (Å²) in [5, 5.41) is 0. The largest absolute Gasteiger partial charge is 0.459 e. The van der Waals surface area contributed by atoms with Crippen LogP contribution in [-0.2, 0) is 21.1 Å². The number of hydrogen-bond donors (Lipinski definition) is 1. The van der Waals surface area contributed by atoms with Crippen LogP contribution in [0.25, 0.3) is 11.2 Å². The molecule has 0 unspecified atom stereocenters. The number of ether oxygens (including phenoxy) is 1. The lowest BCUT2D eigenvalue weighted by molar-refractivity contribution is -0.142. The topological polar surface area (TPSA) is 66.8 Å². The number of aromatic nitrogens is 2. The van der Waals surface area contributed by atoms with Gasteiger partial charge in [0.2, 0.25) is 0 Å². The van der Waals surface area contributed by atoms with Crippen LogP contribution in [-0.4, -0.2) is 38.8 Å². The Morgan fingerprint density at radius 3 is 2.37 bits per heavy atom. The van der Waals surface area contributed by atoms with Gasteiger partial charge in [-0.05, 0) is 44.2 Å². The molecule has 0 atom stereocenters. The van der Waals surface area contributed by atoms with Crippen LogP contribution in [0.3, 0.4) is 0 Å². The fourth-order valence-corrected chi connectivity index (χ4v) is 4.26. The summed E-state index contributed by atoms with van der Waals surface area (Å²) in [5.41, 5.74) is -2.14. The number of esters is 1. The molecule has 1 aliphatic rings. The van der Waals surface area contributed by atoms with Crippen molar-refractivity contribution in [1.29, 1.82) is 0 Å². The second-order valence-corrected chi connectivity index (χ2v) is 9.23. The molecule has 0 bridgehead atoms. The zero-order chi connectivity index (χ0) is 25.9. The zero-order valence-corrected chi connectivity index (χ0v) is 19.3. The lowest BCUT2D eigenvalue weighted by Crippen LogP contribution is -2.38. The fraction of sp³-hybridized carbons (Fsp3) is 0.333. The Labute approximate surface area is 197 Å². The first kappa shape index (κ1) is 24.5. The fourth-order valence-electron chi connectivity index (χ4n) is 4.26. The van der Waals surface area contributed by atoms with Gasteiger partial charge in [-0.3, -0.25) is 9.20 Å². The Bertz CT molecular complexity index is 1360. The van der Waals surface area contributed by atoms with Crippen LogP contribution < -0.4 is 0 Å². The van der Waals surface area contributed by atoms with Gasteiger partial charge in [0.1, 0.15) is 16.9 Å². The lowest BCUT2D eigenvalue weighted by Gasteiger charge is -2.30. The first-order valence-electron chi connectivity index (χ1n) is 10.7. The lowest BCUT2D eigenvalue weighted by atomic mass is 9.86. The van der Waals surface area contributed by atoms with E-state index < -0.39 is 46.9 Å². The average molecular weight is 495 g/mol. The van der Waals surface area contributed by atoms with Crippen molar-refractivity contribution in [3.63, 3.8) is 0 Å². The maximum Gasteiger partial charge on any atom is 0.431 e. The summed E-state index contributed by atoms with van der Waals surface area (Å²) >= 11 is 0. The van der Waals surface area contributed by atoms with Crippen molar-refractivity contribution >= 4 is 23.1 Å². The maximum absolute atomic E-state index is 13.8. The Kier molecular flexibility index (Phi) is 5.77. The van der Waals surface area contributed by atoms with E-state index in [9.17, 15) is 31.5 Å².